The molecule has 4 atom stereocenters. The normalized spacial score (nSPS) is 20.6. The van der Waals surface area contributed by atoms with Crippen molar-refractivity contribution >= 4 is 23.8 Å². The molecule has 2 N–H and O–H groups in total. The van der Waals surface area contributed by atoms with Crippen LogP contribution in [0.15, 0.2) is 33.5 Å². The number of amides is 4. The molecule has 1 unspecified atom stereocenters. The maximum absolute atomic E-state index is 14.3. The summed E-state index contributed by atoms with van der Waals surface area (Å²) in [5.41, 5.74) is 6.33. The molecule has 0 aliphatic carbocycles. The van der Waals surface area contributed by atoms with Crippen LogP contribution in [0.2, 0.25) is 0 Å². The summed E-state index contributed by atoms with van der Waals surface area (Å²) in [6.07, 6.45) is -0.112. The van der Waals surface area contributed by atoms with Gasteiger partial charge in [-0.05, 0) is 43.0 Å². The Morgan fingerprint density at radius 3 is 2.26 bits per heavy atom. The Morgan fingerprint density at radius 2 is 1.77 bits per heavy atom. The van der Waals surface area contributed by atoms with Crippen LogP contribution in [0.4, 0.5) is 14.0 Å². The van der Waals surface area contributed by atoms with Crippen LogP contribution in [0.25, 0.3) is 5.69 Å². The number of quaternary nitrogens is 1. The van der Waals surface area contributed by atoms with Crippen molar-refractivity contribution in [2.75, 3.05) is 13.7 Å². The molecule has 0 spiro atoms. The third kappa shape index (κ3) is 5.41. The predicted octanol–water partition coefficient (Wildman–Crippen LogP) is 2.87. The van der Waals surface area contributed by atoms with Gasteiger partial charge in [-0.1, -0.05) is 27.7 Å². The number of aromatic nitrogens is 2. The molecule has 1 saturated heterocycles. The molecule has 212 valence electrons. The molecule has 0 saturated carbocycles. The van der Waals surface area contributed by atoms with Crippen LogP contribution in [0.1, 0.15) is 58.1 Å². The highest BCUT2D eigenvalue weighted by atomic mass is 19.1. The van der Waals surface area contributed by atoms with Gasteiger partial charge in [0.05, 0.1) is 19.3 Å². The van der Waals surface area contributed by atoms with Crippen molar-refractivity contribution in [2.45, 2.75) is 65.6 Å². The van der Waals surface area contributed by atoms with E-state index in [2.05, 4.69) is 5.10 Å². The van der Waals surface area contributed by atoms with E-state index in [4.69, 9.17) is 14.9 Å². The fraction of sp³-hybridized carbons (Fsp3) is 0.538. The number of nitrogens with two attached hydrogens (primary N) is 1. The monoisotopic (exact) mass is 548 g/mol. The minimum atomic E-state index is -1.53. The lowest BCUT2D eigenvalue weighted by Crippen LogP contribution is -2.70. The first kappa shape index (κ1) is 29.8. The molecule has 1 aromatic heterocycles. The minimum Gasteiger partial charge on any atom is -0.452 e. The molecule has 1 aromatic carbocycles. The molecule has 1 fully saturated rings. The zero-order chi connectivity index (χ0) is 29.2. The van der Waals surface area contributed by atoms with E-state index in [0.29, 0.717) is 17.7 Å². The van der Waals surface area contributed by atoms with Crippen LogP contribution < -0.4 is 11.5 Å². The number of likely N-dealkylation sites (tertiary alicyclic amines) is 1. The van der Waals surface area contributed by atoms with E-state index in [1.165, 1.54) is 12.1 Å². The number of rotatable bonds is 7. The van der Waals surface area contributed by atoms with Crippen molar-refractivity contribution < 1.29 is 37.2 Å². The standard InChI is InChI=1S/C26H35FN5O7/c1-14(2)19(28)23(34)32(13-7-8-16(32)5)24(35)30(25(36)38-6)20(15(3)4)21(33)22-29-31(26(37)39-22)18-11-9-17(27)10-12-18/h9-12,14-16,19-20H,7-8,13,28H2,1-6H3/q+1/t16-,19+,20+,32?/m1/s1. The van der Waals surface area contributed by atoms with Gasteiger partial charge in [-0.15, -0.1) is 5.10 Å². The molecule has 3 rings (SSSR count). The van der Waals surface area contributed by atoms with E-state index in [0.717, 1.165) is 23.9 Å². The fourth-order valence-electron chi connectivity index (χ4n) is 4.90. The van der Waals surface area contributed by atoms with Crippen LogP contribution in [-0.4, -0.2) is 74.8 Å². The molecule has 0 radical (unpaired) electrons. The van der Waals surface area contributed by atoms with Gasteiger partial charge in [0.2, 0.25) is 5.78 Å². The quantitative estimate of drug-likeness (QED) is 0.406. The highest BCUT2D eigenvalue weighted by Crippen LogP contribution is 2.33. The Morgan fingerprint density at radius 1 is 1.15 bits per heavy atom. The Bertz CT molecular complexity index is 1300. The summed E-state index contributed by atoms with van der Waals surface area (Å²) in [6.45, 7) is 8.49. The third-order valence-electron chi connectivity index (χ3n) is 7.21. The number of halogens is 1. The van der Waals surface area contributed by atoms with Crippen LogP contribution in [0.3, 0.4) is 0 Å². The minimum absolute atomic E-state index is 0.0973. The van der Waals surface area contributed by atoms with Gasteiger partial charge in [0, 0.05) is 12.8 Å². The Hall–Kier alpha value is -3.71. The summed E-state index contributed by atoms with van der Waals surface area (Å²) < 4.78 is 23.3. The van der Waals surface area contributed by atoms with Gasteiger partial charge in [0.25, 0.3) is 5.89 Å². The molecule has 4 amide bonds. The number of carbonyl (C=O) groups excluding carboxylic acids is 4. The number of methoxy groups -OCH3 is 1. The van der Waals surface area contributed by atoms with E-state index in [9.17, 15) is 28.4 Å². The molecule has 2 heterocycles. The van der Waals surface area contributed by atoms with Gasteiger partial charge < -0.3 is 14.9 Å². The van der Waals surface area contributed by atoms with Gasteiger partial charge >= 0.3 is 23.8 Å². The van der Waals surface area contributed by atoms with Crippen LogP contribution in [-0.2, 0) is 9.53 Å². The first-order chi connectivity index (χ1) is 18.3. The lowest BCUT2D eigenvalue weighted by molar-refractivity contribution is -0.788. The fourth-order valence-corrected chi connectivity index (χ4v) is 4.90. The summed E-state index contributed by atoms with van der Waals surface area (Å²) in [7, 11) is 1.05. The summed E-state index contributed by atoms with van der Waals surface area (Å²) in [6, 6.07) is 0.758. The number of benzene rings is 1. The van der Waals surface area contributed by atoms with E-state index in [-0.39, 0.29) is 18.2 Å². The zero-order valence-electron chi connectivity index (χ0n) is 22.9. The number of imide groups is 2. The third-order valence-corrected chi connectivity index (χ3v) is 7.21. The smallest absolute Gasteiger partial charge is 0.442 e. The molecular weight excluding hydrogens is 513 g/mol. The molecule has 1 aliphatic rings. The molecule has 13 heteroatoms. The topological polar surface area (TPSA) is 155 Å². The molecule has 2 aromatic rings. The summed E-state index contributed by atoms with van der Waals surface area (Å²) in [5.74, 6) is -4.74. The lowest BCUT2D eigenvalue weighted by atomic mass is 9.97. The number of ether oxygens (including phenoxy) is 1. The van der Waals surface area contributed by atoms with Crippen LogP contribution >= 0.6 is 0 Å². The van der Waals surface area contributed by atoms with Crippen molar-refractivity contribution in [3.8, 4) is 5.69 Å². The number of ketones is 1. The number of hydrogen-bond donors (Lipinski definition) is 1. The van der Waals surface area contributed by atoms with E-state index in [1.54, 1.807) is 34.6 Å². The zero-order valence-corrected chi connectivity index (χ0v) is 22.9. The average molecular weight is 549 g/mol. The van der Waals surface area contributed by atoms with Gasteiger partial charge in [-0.2, -0.15) is 14.1 Å². The maximum atomic E-state index is 14.3. The van der Waals surface area contributed by atoms with Crippen LogP contribution in [0.5, 0.6) is 0 Å². The van der Waals surface area contributed by atoms with Crippen molar-refractivity contribution in [2.24, 2.45) is 17.6 Å². The van der Waals surface area contributed by atoms with E-state index >= 15 is 0 Å². The number of Topliss-reactive ketones (excluding diaryl/α,β-unsaturated/α-hetero) is 1. The Balaban J connectivity index is 2.11. The summed E-state index contributed by atoms with van der Waals surface area (Å²) >= 11 is 0. The molecule has 1 aliphatic heterocycles. The summed E-state index contributed by atoms with van der Waals surface area (Å²) in [4.78, 5) is 67.9. The maximum Gasteiger partial charge on any atom is 0.442 e. The molecule has 39 heavy (non-hydrogen) atoms. The van der Waals surface area contributed by atoms with Crippen LogP contribution in [0, 0.1) is 17.7 Å². The highest BCUT2D eigenvalue weighted by molar-refractivity contribution is 6.03. The van der Waals surface area contributed by atoms with E-state index in [1.807, 2.05) is 0 Å². The van der Waals surface area contributed by atoms with Gasteiger partial charge in [-0.3, -0.25) is 4.79 Å². The number of hydrogen-bond acceptors (Lipinski definition) is 9. The molecular formula is C26H35FN5O7+. The molecule has 0 bridgehead atoms. The number of carbonyl (C=O) groups is 4. The SMILES string of the molecule is COC(=O)N(C(=O)[N+]1(C(=O)[C@@H](N)C(C)C)CCC[C@H]1C)[C@H](C(=O)c1nn(-c2ccc(F)cc2)c(=O)o1)C(C)C. The first-order valence-corrected chi connectivity index (χ1v) is 12.8. The summed E-state index contributed by atoms with van der Waals surface area (Å²) in [5, 5.41) is 3.94. The first-order valence-electron chi connectivity index (χ1n) is 12.8. The second kappa shape index (κ2) is 11.6. The second-order valence-corrected chi connectivity index (χ2v) is 10.4. The second-order valence-electron chi connectivity index (χ2n) is 10.4. The van der Waals surface area contributed by atoms with Crippen molar-refractivity contribution in [1.82, 2.24) is 14.7 Å². The number of urea groups is 1. The largest absolute Gasteiger partial charge is 0.452 e. The Labute approximate surface area is 225 Å². The van der Waals surface area contributed by atoms with Gasteiger partial charge in [0.15, 0.2) is 0 Å². The highest BCUT2D eigenvalue weighted by Gasteiger charge is 2.59. The van der Waals surface area contributed by atoms with E-state index < -0.39 is 69.8 Å². The van der Waals surface area contributed by atoms with Gasteiger partial charge in [0.1, 0.15) is 23.9 Å². The average Bonchev–Trinajstić information content (AvgIpc) is 3.48. The lowest BCUT2D eigenvalue weighted by Gasteiger charge is -2.40. The van der Waals surface area contributed by atoms with Crippen molar-refractivity contribution in [1.29, 1.82) is 0 Å². The van der Waals surface area contributed by atoms with Crippen molar-refractivity contribution in [3.63, 3.8) is 0 Å². The van der Waals surface area contributed by atoms with Gasteiger partial charge in [-0.25, -0.2) is 23.6 Å². The molecule has 12 nitrogen and oxygen atoms in total. The Kier molecular flexibility index (Phi) is 8.86. The van der Waals surface area contributed by atoms with Crippen molar-refractivity contribution in [3.05, 3.63) is 46.5 Å². The predicted molar refractivity (Wildman–Crippen MR) is 136 cm³/mol. The number of nitrogens with zero attached hydrogens (tertiary/aromatic N) is 4.